The Labute approximate surface area is 159 Å². The summed E-state index contributed by atoms with van der Waals surface area (Å²) in [5.41, 5.74) is 3.11. The number of alkyl halides is 2. The van der Waals surface area contributed by atoms with Crippen LogP contribution < -0.4 is 4.72 Å². The summed E-state index contributed by atoms with van der Waals surface area (Å²) >= 11 is 1.79. The fourth-order valence-corrected chi connectivity index (χ4v) is 6.07. The Morgan fingerprint density at radius 1 is 1.08 bits per heavy atom. The Hall–Kier alpha value is -0.780. The van der Waals surface area contributed by atoms with Gasteiger partial charge in [0.15, 0.2) is 0 Å². The minimum atomic E-state index is -2.38. The maximum absolute atomic E-state index is 13.2. The lowest BCUT2D eigenvalue weighted by molar-refractivity contribution is -0.172. The van der Waals surface area contributed by atoms with Gasteiger partial charge in [-0.05, 0) is 74.1 Å². The smallest absolute Gasteiger partial charge is 0.249 e. The molecule has 6 heteroatoms. The van der Waals surface area contributed by atoms with Crippen molar-refractivity contribution in [3.8, 4) is 0 Å². The molecule has 26 heavy (non-hydrogen) atoms. The molecule has 3 fully saturated rings. The van der Waals surface area contributed by atoms with Crippen molar-refractivity contribution < 1.29 is 8.78 Å². The highest BCUT2D eigenvalue weighted by Crippen LogP contribution is 2.60. The van der Waals surface area contributed by atoms with E-state index < -0.39 is 5.92 Å². The molecule has 5 rings (SSSR count). The van der Waals surface area contributed by atoms with Gasteiger partial charge in [0, 0.05) is 24.6 Å². The van der Waals surface area contributed by atoms with E-state index in [1.807, 2.05) is 20.0 Å². The molecule has 4 aliphatic rings. The van der Waals surface area contributed by atoms with E-state index in [2.05, 4.69) is 14.5 Å². The van der Waals surface area contributed by atoms with Crippen molar-refractivity contribution in [3.05, 3.63) is 11.9 Å². The third kappa shape index (κ3) is 3.50. The van der Waals surface area contributed by atoms with Crippen LogP contribution in [0.15, 0.2) is 6.20 Å². The summed E-state index contributed by atoms with van der Waals surface area (Å²) in [5.74, 6) is -2.38. The maximum atomic E-state index is 13.2. The molecule has 0 radical (unpaired) electrons. The summed E-state index contributed by atoms with van der Waals surface area (Å²) < 4.78 is 32.1. The van der Waals surface area contributed by atoms with E-state index in [9.17, 15) is 8.78 Å². The van der Waals surface area contributed by atoms with Gasteiger partial charge >= 0.3 is 0 Å². The van der Waals surface area contributed by atoms with E-state index >= 15 is 0 Å². The maximum Gasteiger partial charge on any atom is 0.249 e. The third-order valence-corrected chi connectivity index (χ3v) is 8.04. The average Bonchev–Trinajstić information content (AvgIpc) is 3.24. The van der Waals surface area contributed by atoms with Crippen LogP contribution in [0.5, 0.6) is 0 Å². The van der Waals surface area contributed by atoms with Gasteiger partial charge in [-0.3, -0.25) is 4.68 Å². The molecule has 3 nitrogen and oxygen atoms in total. The van der Waals surface area contributed by atoms with E-state index in [0.29, 0.717) is 10.7 Å². The van der Waals surface area contributed by atoms with Gasteiger partial charge in [0.25, 0.3) is 0 Å². The molecular formula is C20H31F2N3S. The second kappa shape index (κ2) is 6.68. The molecule has 0 atom stereocenters. The monoisotopic (exact) mass is 383 g/mol. The fourth-order valence-electron chi connectivity index (χ4n) is 5.13. The predicted octanol–water partition coefficient (Wildman–Crippen LogP) is 6.05. The second-order valence-corrected chi connectivity index (χ2v) is 9.89. The lowest BCUT2D eigenvalue weighted by atomic mass is 9.59. The molecule has 2 spiro atoms. The molecule has 1 N–H and O–H groups in total. The minimum absolute atomic E-state index is 0.0320. The van der Waals surface area contributed by atoms with Crippen LogP contribution >= 0.6 is 11.9 Å². The van der Waals surface area contributed by atoms with Gasteiger partial charge in [-0.2, -0.15) is 5.10 Å². The first kappa shape index (κ1) is 18.6. The first-order valence-electron chi connectivity index (χ1n) is 10.3. The van der Waals surface area contributed by atoms with Crippen LogP contribution in [0.4, 0.5) is 14.5 Å². The number of fused-ring (bicyclic) bond motifs is 1. The molecule has 0 bridgehead atoms. The number of hydrogen-bond acceptors (Lipinski definition) is 3. The standard InChI is InChI=1S/C18H25F2N3S.C2H6/c19-18(20)11-17(12-18)3-1-13(2-4-17)24-22-14-10-21-23-8-7-16(5-6-16)9-15(14)23;1-2/h10,13,22H,1-9,11-12H2;1-2H3. The number of aryl methyl sites for hydroxylation is 1. The van der Waals surface area contributed by atoms with Gasteiger partial charge in [-0.15, -0.1) is 0 Å². The van der Waals surface area contributed by atoms with Gasteiger partial charge in [0.05, 0.1) is 17.6 Å². The molecule has 3 aliphatic carbocycles. The number of hydrogen-bond donors (Lipinski definition) is 1. The Morgan fingerprint density at radius 2 is 1.77 bits per heavy atom. The van der Waals surface area contributed by atoms with Crippen LogP contribution in [-0.2, 0) is 13.0 Å². The second-order valence-electron chi connectivity index (χ2n) is 8.78. The van der Waals surface area contributed by atoms with E-state index in [4.69, 9.17) is 0 Å². The van der Waals surface area contributed by atoms with Gasteiger partial charge < -0.3 is 4.72 Å². The molecule has 0 aromatic carbocycles. The Morgan fingerprint density at radius 3 is 2.38 bits per heavy atom. The first-order chi connectivity index (χ1) is 12.5. The van der Waals surface area contributed by atoms with Crippen molar-refractivity contribution in [2.75, 3.05) is 4.72 Å². The number of rotatable bonds is 3. The van der Waals surface area contributed by atoms with Crippen LogP contribution in [0.1, 0.15) is 77.3 Å². The molecule has 1 aliphatic heterocycles. The molecule has 0 unspecified atom stereocenters. The van der Waals surface area contributed by atoms with Crippen LogP contribution in [0.3, 0.4) is 0 Å². The van der Waals surface area contributed by atoms with Gasteiger partial charge in [0.2, 0.25) is 5.92 Å². The summed E-state index contributed by atoms with van der Waals surface area (Å²) in [6.45, 7) is 5.06. The summed E-state index contributed by atoms with van der Waals surface area (Å²) in [6, 6.07) is 0. The topological polar surface area (TPSA) is 29.9 Å². The lowest BCUT2D eigenvalue weighted by Crippen LogP contribution is -2.48. The highest BCUT2D eigenvalue weighted by atomic mass is 32.2. The number of nitrogens with one attached hydrogen (secondary N) is 1. The van der Waals surface area contributed by atoms with Crippen molar-refractivity contribution in [2.45, 2.75) is 95.8 Å². The Balaban J connectivity index is 0.000000814. The largest absolute Gasteiger partial charge is 0.327 e. The van der Waals surface area contributed by atoms with E-state index in [0.717, 1.165) is 32.2 Å². The van der Waals surface area contributed by atoms with E-state index in [1.54, 1.807) is 11.9 Å². The molecule has 146 valence electrons. The van der Waals surface area contributed by atoms with Crippen molar-refractivity contribution in [2.24, 2.45) is 10.8 Å². The van der Waals surface area contributed by atoms with Crippen LogP contribution in [0.2, 0.25) is 0 Å². The van der Waals surface area contributed by atoms with Gasteiger partial charge in [-0.25, -0.2) is 8.78 Å². The number of halogens is 2. The molecule has 1 aromatic heterocycles. The van der Waals surface area contributed by atoms with Crippen LogP contribution in [0, 0.1) is 10.8 Å². The van der Waals surface area contributed by atoms with Crippen molar-refractivity contribution in [3.63, 3.8) is 0 Å². The molecular weight excluding hydrogens is 352 g/mol. The van der Waals surface area contributed by atoms with Crippen molar-refractivity contribution >= 4 is 17.6 Å². The Bertz CT molecular complexity index is 635. The molecule has 1 aromatic rings. The first-order valence-corrected chi connectivity index (χ1v) is 11.2. The highest BCUT2D eigenvalue weighted by molar-refractivity contribution is 8.01. The third-order valence-electron chi connectivity index (χ3n) is 6.90. The average molecular weight is 384 g/mol. The fraction of sp³-hybridized carbons (Fsp3) is 0.850. The predicted molar refractivity (Wildman–Crippen MR) is 104 cm³/mol. The van der Waals surface area contributed by atoms with Gasteiger partial charge in [0.1, 0.15) is 0 Å². The van der Waals surface area contributed by atoms with Gasteiger partial charge in [-0.1, -0.05) is 13.8 Å². The minimum Gasteiger partial charge on any atom is -0.327 e. The summed E-state index contributed by atoms with van der Waals surface area (Å²) in [5, 5.41) is 5.07. The zero-order valence-corrected chi connectivity index (χ0v) is 16.8. The number of nitrogens with zero attached hydrogens (tertiary/aromatic N) is 2. The summed E-state index contributed by atoms with van der Waals surface area (Å²) in [6.07, 6.45) is 11.5. The highest BCUT2D eigenvalue weighted by Gasteiger charge is 2.56. The molecule has 2 heterocycles. The number of aromatic nitrogens is 2. The van der Waals surface area contributed by atoms with Crippen LogP contribution in [-0.4, -0.2) is 21.0 Å². The van der Waals surface area contributed by atoms with Crippen molar-refractivity contribution in [1.82, 2.24) is 9.78 Å². The SMILES string of the molecule is CC.FC1(F)CC2(CCC(SNc3cnn4c3CC3(CC4)CC3)CC2)C1. The Kier molecular flexibility index (Phi) is 4.77. The quantitative estimate of drug-likeness (QED) is 0.644. The summed E-state index contributed by atoms with van der Waals surface area (Å²) in [7, 11) is 0. The summed E-state index contributed by atoms with van der Waals surface area (Å²) in [4.78, 5) is 0. The lowest BCUT2D eigenvalue weighted by Gasteiger charge is -2.51. The van der Waals surface area contributed by atoms with E-state index in [-0.39, 0.29) is 18.3 Å². The van der Waals surface area contributed by atoms with Crippen LogP contribution in [0.25, 0.3) is 0 Å². The number of anilines is 1. The van der Waals surface area contributed by atoms with Crippen molar-refractivity contribution in [1.29, 1.82) is 0 Å². The molecule has 0 amide bonds. The molecule has 3 saturated carbocycles. The molecule has 0 saturated heterocycles. The van der Waals surface area contributed by atoms with E-state index in [1.165, 1.54) is 37.1 Å². The zero-order chi connectivity index (χ0) is 18.4. The zero-order valence-electron chi connectivity index (χ0n) is 16.0. The normalized spacial score (nSPS) is 27.2.